The SMILES string of the molecule is COc1cc(F)ccc1-c1cc(C)ncc1CNC(=O)c1cc(C(F)(F)F)cc(S(=O)(=O)CCCCC(=O)NCC(=O)O)c1. The first-order chi connectivity index (χ1) is 20.6. The molecule has 0 aliphatic heterocycles. The van der Waals surface area contributed by atoms with Crippen molar-refractivity contribution in [2.45, 2.75) is 43.8 Å². The van der Waals surface area contributed by atoms with Gasteiger partial charge in [0.1, 0.15) is 18.1 Å². The van der Waals surface area contributed by atoms with Gasteiger partial charge in [0.05, 0.1) is 23.3 Å². The lowest BCUT2D eigenvalue weighted by molar-refractivity contribution is -0.138. The predicted octanol–water partition coefficient (Wildman–Crippen LogP) is 4.30. The first kappa shape index (κ1) is 34.0. The van der Waals surface area contributed by atoms with Crippen LogP contribution in [-0.2, 0) is 32.1 Å². The molecular weight excluding hydrogens is 610 g/mol. The van der Waals surface area contributed by atoms with Crippen molar-refractivity contribution in [3.05, 3.63) is 76.9 Å². The summed E-state index contributed by atoms with van der Waals surface area (Å²) in [6, 6.07) is 7.35. The number of hydrogen-bond acceptors (Lipinski definition) is 7. The van der Waals surface area contributed by atoms with Crippen LogP contribution in [0.2, 0.25) is 0 Å². The zero-order valence-electron chi connectivity index (χ0n) is 23.6. The van der Waals surface area contributed by atoms with E-state index < -0.39 is 67.9 Å². The first-order valence-electron chi connectivity index (χ1n) is 13.1. The predicted molar refractivity (Wildman–Crippen MR) is 150 cm³/mol. The van der Waals surface area contributed by atoms with E-state index in [0.717, 1.165) is 6.07 Å². The van der Waals surface area contributed by atoms with Gasteiger partial charge in [0, 0.05) is 42.0 Å². The van der Waals surface area contributed by atoms with Gasteiger partial charge in [0.25, 0.3) is 5.91 Å². The second-order valence-corrected chi connectivity index (χ2v) is 11.8. The third-order valence-corrected chi connectivity index (χ3v) is 8.16. The number of ether oxygens (including phenoxy) is 1. The lowest BCUT2D eigenvalue weighted by atomic mass is 9.99. The maximum atomic E-state index is 13.8. The first-order valence-corrected chi connectivity index (χ1v) is 14.8. The number of benzene rings is 2. The third kappa shape index (κ3) is 9.23. The van der Waals surface area contributed by atoms with Crippen molar-refractivity contribution in [1.29, 1.82) is 0 Å². The number of amides is 2. The number of rotatable bonds is 13. The number of carbonyl (C=O) groups is 3. The van der Waals surface area contributed by atoms with Crippen molar-refractivity contribution in [3.63, 3.8) is 0 Å². The van der Waals surface area contributed by atoms with Gasteiger partial charge in [0.15, 0.2) is 9.84 Å². The largest absolute Gasteiger partial charge is 0.496 e. The van der Waals surface area contributed by atoms with Crippen molar-refractivity contribution in [1.82, 2.24) is 15.6 Å². The maximum absolute atomic E-state index is 13.8. The number of methoxy groups -OCH3 is 1. The van der Waals surface area contributed by atoms with Crippen LogP contribution in [0.3, 0.4) is 0 Å². The summed E-state index contributed by atoms with van der Waals surface area (Å²) in [4.78, 5) is 38.7. The van der Waals surface area contributed by atoms with Crippen LogP contribution in [0.5, 0.6) is 5.75 Å². The molecule has 3 rings (SSSR count). The van der Waals surface area contributed by atoms with Crippen LogP contribution in [0.15, 0.2) is 53.6 Å². The molecule has 0 saturated heterocycles. The molecule has 0 atom stereocenters. The van der Waals surface area contributed by atoms with E-state index in [4.69, 9.17) is 9.84 Å². The lowest BCUT2D eigenvalue weighted by Gasteiger charge is -2.15. The van der Waals surface area contributed by atoms with E-state index in [0.29, 0.717) is 34.5 Å². The number of alkyl halides is 3. The van der Waals surface area contributed by atoms with E-state index in [1.54, 1.807) is 13.0 Å². The number of carboxylic acid groups (broad SMARTS) is 1. The molecule has 0 radical (unpaired) electrons. The minimum absolute atomic E-state index is 0.0305. The standard InChI is InChI=1S/C29H29F4N3O7S/c1-17-9-24(23-7-6-21(30)13-25(23)43-2)19(14-34-17)15-36-28(40)18-10-20(29(31,32)33)12-22(11-18)44(41,42)8-4-3-5-26(37)35-16-27(38)39/h6-7,9-14H,3-5,8,15-16H2,1-2H3,(H,35,37)(H,36,40)(H,38,39). The molecule has 0 aliphatic carbocycles. The Hall–Kier alpha value is -4.53. The van der Waals surface area contributed by atoms with E-state index in [9.17, 15) is 40.4 Å². The number of nitrogens with zero attached hydrogens (tertiary/aromatic N) is 1. The van der Waals surface area contributed by atoms with Crippen LogP contribution < -0.4 is 15.4 Å². The smallest absolute Gasteiger partial charge is 0.416 e. The quantitative estimate of drug-likeness (QED) is 0.185. The van der Waals surface area contributed by atoms with E-state index in [-0.39, 0.29) is 31.6 Å². The number of unbranched alkanes of at least 4 members (excludes halogenated alkanes) is 1. The fourth-order valence-electron chi connectivity index (χ4n) is 4.18. The normalized spacial score (nSPS) is 11.6. The topological polar surface area (TPSA) is 152 Å². The van der Waals surface area contributed by atoms with Gasteiger partial charge in [0.2, 0.25) is 5.91 Å². The zero-order valence-corrected chi connectivity index (χ0v) is 24.4. The van der Waals surface area contributed by atoms with E-state index in [1.165, 1.54) is 31.5 Å². The second-order valence-electron chi connectivity index (χ2n) is 9.70. The van der Waals surface area contributed by atoms with E-state index in [1.807, 2.05) is 0 Å². The molecule has 3 aromatic rings. The summed E-state index contributed by atoms with van der Waals surface area (Å²) in [7, 11) is -2.96. The fourth-order valence-corrected chi connectivity index (χ4v) is 5.61. The van der Waals surface area contributed by atoms with Gasteiger partial charge in [-0.2, -0.15) is 13.2 Å². The molecule has 44 heavy (non-hydrogen) atoms. The van der Waals surface area contributed by atoms with Crippen molar-refractivity contribution in [2.24, 2.45) is 0 Å². The lowest BCUT2D eigenvalue weighted by Crippen LogP contribution is -2.29. The Morgan fingerprint density at radius 2 is 1.73 bits per heavy atom. The molecule has 0 aliphatic rings. The molecule has 0 fully saturated rings. The Morgan fingerprint density at radius 1 is 1.00 bits per heavy atom. The fraction of sp³-hybridized carbons (Fsp3) is 0.310. The molecule has 0 saturated carbocycles. The van der Waals surface area contributed by atoms with Crippen molar-refractivity contribution < 1.29 is 50.2 Å². The molecule has 3 N–H and O–H groups in total. The number of carbonyl (C=O) groups excluding carboxylic acids is 2. The molecule has 0 unspecified atom stereocenters. The maximum Gasteiger partial charge on any atom is 0.416 e. The summed E-state index contributed by atoms with van der Waals surface area (Å²) in [5.41, 5.74) is 0.142. The summed E-state index contributed by atoms with van der Waals surface area (Å²) in [6.07, 6.45) is -3.77. The number of aromatic nitrogens is 1. The Balaban J connectivity index is 1.82. The monoisotopic (exact) mass is 639 g/mol. The molecule has 1 aromatic heterocycles. The highest BCUT2D eigenvalue weighted by Crippen LogP contribution is 2.34. The molecule has 1 heterocycles. The van der Waals surface area contributed by atoms with Crippen molar-refractivity contribution in [2.75, 3.05) is 19.4 Å². The summed E-state index contributed by atoms with van der Waals surface area (Å²) >= 11 is 0. The highest BCUT2D eigenvalue weighted by Gasteiger charge is 2.33. The molecule has 0 bridgehead atoms. The molecule has 2 amide bonds. The molecular formula is C29H29F4N3O7S. The molecule has 10 nitrogen and oxygen atoms in total. The average Bonchev–Trinajstić information content (AvgIpc) is 2.96. The third-order valence-electron chi connectivity index (χ3n) is 6.38. The Labute approximate surface area is 250 Å². The van der Waals surface area contributed by atoms with Crippen LogP contribution in [0.25, 0.3) is 11.1 Å². The number of hydrogen-bond donors (Lipinski definition) is 3. The van der Waals surface area contributed by atoms with Crippen molar-refractivity contribution in [3.8, 4) is 16.9 Å². The van der Waals surface area contributed by atoms with Crippen molar-refractivity contribution >= 4 is 27.6 Å². The minimum Gasteiger partial charge on any atom is -0.496 e. The molecule has 15 heteroatoms. The summed E-state index contributed by atoms with van der Waals surface area (Å²) in [5.74, 6) is -3.80. The molecule has 0 spiro atoms. The molecule has 236 valence electrons. The number of aliphatic carboxylic acids is 1. The Bertz CT molecular complexity index is 1660. The number of aryl methyl sites for hydroxylation is 1. The second kappa shape index (κ2) is 14.3. The van der Waals surface area contributed by atoms with Gasteiger partial charge in [-0.15, -0.1) is 0 Å². The summed E-state index contributed by atoms with van der Waals surface area (Å²) < 4.78 is 86.0. The van der Waals surface area contributed by atoms with Gasteiger partial charge < -0.3 is 20.5 Å². The van der Waals surface area contributed by atoms with Crippen LogP contribution in [-0.4, -0.2) is 55.7 Å². The summed E-state index contributed by atoms with van der Waals surface area (Å²) in [6.45, 7) is 0.888. The number of halogens is 4. The van der Waals surface area contributed by atoms with Crippen LogP contribution >= 0.6 is 0 Å². The van der Waals surface area contributed by atoms with Crippen LogP contribution in [0, 0.1) is 12.7 Å². The number of nitrogens with one attached hydrogen (secondary N) is 2. The highest BCUT2D eigenvalue weighted by atomic mass is 32.2. The van der Waals surface area contributed by atoms with Gasteiger partial charge in [-0.3, -0.25) is 19.4 Å². The van der Waals surface area contributed by atoms with Crippen LogP contribution in [0.4, 0.5) is 17.6 Å². The summed E-state index contributed by atoms with van der Waals surface area (Å²) in [5, 5.41) is 13.2. The van der Waals surface area contributed by atoms with Crippen LogP contribution in [0.1, 0.15) is 46.4 Å². The van der Waals surface area contributed by atoms with E-state index in [2.05, 4.69) is 15.6 Å². The zero-order chi connectivity index (χ0) is 32.7. The highest BCUT2D eigenvalue weighted by molar-refractivity contribution is 7.91. The van der Waals surface area contributed by atoms with E-state index >= 15 is 0 Å². The average molecular weight is 640 g/mol. The minimum atomic E-state index is -4.96. The van der Waals surface area contributed by atoms with Gasteiger partial charge in [-0.25, -0.2) is 12.8 Å². The Kier molecular flexibility index (Phi) is 11.0. The number of sulfone groups is 1. The Morgan fingerprint density at radius 3 is 2.39 bits per heavy atom. The molecule has 2 aromatic carbocycles. The van der Waals surface area contributed by atoms with Gasteiger partial charge in [-0.1, -0.05) is 0 Å². The van der Waals surface area contributed by atoms with Gasteiger partial charge >= 0.3 is 12.1 Å². The number of pyridine rings is 1. The van der Waals surface area contributed by atoms with Gasteiger partial charge in [-0.05, 0) is 67.3 Å². The number of carboxylic acids is 1.